The van der Waals surface area contributed by atoms with Crippen LogP contribution in [0.1, 0.15) is 12.2 Å². The van der Waals surface area contributed by atoms with E-state index in [4.69, 9.17) is 4.42 Å². The molecule has 0 saturated heterocycles. The number of phenols is 1. The minimum absolute atomic E-state index is 0.0966. The van der Waals surface area contributed by atoms with Crippen LogP contribution in [0.2, 0.25) is 0 Å². The Morgan fingerprint density at radius 3 is 2.41 bits per heavy atom. The van der Waals surface area contributed by atoms with Gasteiger partial charge in [0.25, 0.3) is 0 Å². The molecule has 0 unspecified atom stereocenters. The number of hydrogen-bond donors (Lipinski definition) is 4. The number of furan rings is 1. The Bertz CT molecular complexity index is 1090. The molecule has 0 aliphatic carbocycles. The van der Waals surface area contributed by atoms with E-state index in [9.17, 15) is 20.4 Å². The van der Waals surface area contributed by atoms with Crippen LogP contribution in [-0.4, -0.2) is 34.5 Å². The average Bonchev–Trinajstić information content (AvgIpc) is 3.45. The molecular weight excluding hydrogens is 374 g/mol. The van der Waals surface area contributed by atoms with Crippen molar-refractivity contribution in [2.75, 3.05) is 0 Å². The van der Waals surface area contributed by atoms with Crippen LogP contribution in [0.3, 0.4) is 0 Å². The number of aryl methyl sites for hydroxylation is 1. The van der Waals surface area contributed by atoms with E-state index in [1.54, 1.807) is 41.4 Å². The minimum Gasteiger partial charge on any atom is -0.508 e. The van der Waals surface area contributed by atoms with Crippen LogP contribution in [-0.2, 0) is 19.7 Å². The third kappa shape index (κ3) is 3.57. The average molecular weight is 395 g/mol. The van der Waals surface area contributed by atoms with Gasteiger partial charge in [0.05, 0.1) is 17.6 Å². The molecule has 0 atom stereocenters. The molecule has 29 heavy (non-hydrogen) atoms. The van der Waals surface area contributed by atoms with E-state index in [2.05, 4.69) is 4.98 Å². The summed E-state index contributed by atoms with van der Waals surface area (Å²) >= 11 is 0. The first kappa shape index (κ1) is 18.7. The molecule has 4 rings (SSSR count). The summed E-state index contributed by atoms with van der Waals surface area (Å²) in [5.41, 5.74) is 1.50. The Labute approximate surface area is 166 Å². The van der Waals surface area contributed by atoms with Gasteiger partial charge in [0.15, 0.2) is 11.5 Å². The lowest BCUT2D eigenvalue weighted by molar-refractivity contribution is 0.248. The maximum absolute atomic E-state index is 10.7. The van der Waals surface area contributed by atoms with Gasteiger partial charge in [-0.05, 0) is 36.2 Å². The van der Waals surface area contributed by atoms with Crippen molar-refractivity contribution in [1.29, 1.82) is 0 Å². The van der Waals surface area contributed by atoms with Gasteiger partial charge in [-0.2, -0.15) is 0 Å². The minimum atomic E-state index is -0.268. The summed E-state index contributed by atoms with van der Waals surface area (Å²) in [5, 5.41) is 40.3. The fraction of sp³-hybridized carbons (Fsp3) is 0.190. The zero-order chi connectivity index (χ0) is 20.4. The molecule has 0 aliphatic rings. The van der Waals surface area contributed by atoms with Gasteiger partial charge in [-0.15, -0.1) is 0 Å². The summed E-state index contributed by atoms with van der Waals surface area (Å²) in [6, 6.07) is 9.65. The van der Waals surface area contributed by atoms with Crippen molar-refractivity contribution in [2.45, 2.75) is 26.1 Å². The first-order valence-corrected chi connectivity index (χ1v) is 9.18. The maximum atomic E-state index is 10.7. The maximum Gasteiger partial charge on any atom is 0.235 e. The zero-order valence-corrected chi connectivity index (χ0v) is 15.6. The molecule has 1 aromatic carbocycles. The predicted octanol–water partition coefficient (Wildman–Crippen LogP) is 3.31. The first-order chi connectivity index (χ1) is 14.1. The second-order valence-corrected chi connectivity index (χ2v) is 6.67. The van der Waals surface area contributed by atoms with Gasteiger partial charge in [-0.1, -0.05) is 12.1 Å². The molecular formula is C21H21N3O5. The van der Waals surface area contributed by atoms with Crippen molar-refractivity contribution in [2.24, 2.45) is 0 Å². The van der Waals surface area contributed by atoms with E-state index in [1.807, 2.05) is 10.8 Å². The first-order valence-electron chi connectivity index (χ1n) is 9.18. The van der Waals surface area contributed by atoms with Gasteiger partial charge in [0, 0.05) is 25.5 Å². The summed E-state index contributed by atoms with van der Waals surface area (Å²) in [4.78, 5) is 4.02. The standard InChI is InChI=1S/C21H21N3O5/c25-12-16-6-7-17(29-16)19-18(14-2-4-15(26)5-3-14)20(27)21(28)24(19)10-1-9-23-11-8-22-13-23/h2-8,11,13,25-28H,1,9-10,12H2. The number of phenolic OH excluding ortho intramolecular Hbond substituents is 1. The molecule has 3 aromatic heterocycles. The fourth-order valence-corrected chi connectivity index (χ4v) is 3.39. The second kappa shape index (κ2) is 7.76. The normalized spacial score (nSPS) is 11.2. The van der Waals surface area contributed by atoms with E-state index in [-0.39, 0.29) is 24.0 Å². The van der Waals surface area contributed by atoms with Crippen molar-refractivity contribution in [3.63, 3.8) is 0 Å². The van der Waals surface area contributed by atoms with Crippen LogP contribution in [0, 0.1) is 0 Å². The van der Waals surface area contributed by atoms with E-state index in [0.29, 0.717) is 47.9 Å². The molecule has 4 aromatic rings. The molecule has 4 N–H and O–H groups in total. The monoisotopic (exact) mass is 395 g/mol. The molecule has 8 nitrogen and oxygen atoms in total. The molecule has 0 spiro atoms. The molecule has 0 amide bonds. The highest BCUT2D eigenvalue weighted by atomic mass is 16.4. The number of aromatic nitrogens is 3. The van der Waals surface area contributed by atoms with Crippen molar-refractivity contribution in [3.05, 3.63) is 60.9 Å². The quantitative estimate of drug-likeness (QED) is 0.381. The Balaban J connectivity index is 1.78. The lowest BCUT2D eigenvalue weighted by Gasteiger charge is -2.11. The van der Waals surface area contributed by atoms with Gasteiger partial charge < -0.3 is 34.0 Å². The number of benzene rings is 1. The molecule has 0 fully saturated rings. The van der Waals surface area contributed by atoms with E-state index < -0.39 is 0 Å². The van der Waals surface area contributed by atoms with Crippen LogP contribution in [0.25, 0.3) is 22.6 Å². The SMILES string of the molecule is OCc1ccc(-c2c(-c3ccc(O)cc3)c(O)c(O)n2CCCn2ccnc2)o1. The number of nitrogens with zero attached hydrogens (tertiary/aromatic N) is 3. The lowest BCUT2D eigenvalue weighted by atomic mass is 10.0. The van der Waals surface area contributed by atoms with Crippen LogP contribution in [0.5, 0.6) is 17.4 Å². The molecule has 150 valence electrons. The van der Waals surface area contributed by atoms with Crippen LogP contribution < -0.4 is 0 Å². The fourth-order valence-electron chi connectivity index (χ4n) is 3.39. The van der Waals surface area contributed by atoms with E-state index in [1.165, 1.54) is 12.1 Å². The Kier molecular flexibility index (Phi) is 5.01. The molecule has 8 heteroatoms. The number of aliphatic hydroxyl groups is 1. The Morgan fingerprint density at radius 2 is 1.76 bits per heavy atom. The van der Waals surface area contributed by atoms with Crippen molar-refractivity contribution in [3.8, 4) is 40.0 Å². The van der Waals surface area contributed by atoms with Gasteiger partial charge in [-0.3, -0.25) is 0 Å². The second-order valence-electron chi connectivity index (χ2n) is 6.67. The van der Waals surface area contributed by atoms with Crippen molar-refractivity contribution >= 4 is 0 Å². The van der Waals surface area contributed by atoms with Gasteiger partial charge in [0.2, 0.25) is 5.88 Å². The van der Waals surface area contributed by atoms with Gasteiger partial charge in [-0.25, -0.2) is 4.98 Å². The number of hydrogen-bond acceptors (Lipinski definition) is 6. The van der Waals surface area contributed by atoms with Crippen LogP contribution in [0.15, 0.2) is 59.5 Å². The Morgan fingerprint density at radius 1 is 0.966 bits per heavy atom. The van der Waals surface area contributed by atoms with Crippen molar-refractivity contribution < 1.29 is 24.8 Å². The molecule has 0 bridgehead atoms. The summed E-state index contributed by atoms with van der Waals surface area (Å²) in [5.74, 6) is 0.349. The molecule has 0 radical (unpaired) electrons. The molecule has 0 aliphatic heterocycles. The largest absolute Gasteiger partial charge is 0.508 e. The van der Waals surface area contributed by atoms with Gasteiger partial charge >= 0.3 is 0 Å². The summed E-state index contributed by atoms with van der Waals surface area (Å²) in [6.07, 6.45) is 5.95. The summed E-state index contributed by atoms with van der Waals surface area (Å²) in [7, 11) is 0. The number of aliphatic hydroxyl groups excluding tert-OH is 1. The number of imidazole rings is 1. The smallest absolute Gasteiger partial charge is 0.235 e. The highest BCUT2D eigenvalue weighted by molar-refractivity contribution is 5.87. The van der Waals surface area contributed by atoms with Crippen LogP contribution >= 0.6 is 0 Å². The number of aromatic hydroxyl groups is 3. The van der Waals surface area contributed by atoms with Crippen molar-refractivity contribution in [1.82, 2.24) is 14.1 Å². The third-order valence-corrected chi connectivity index (χ3v) is 4.78. The zero-order valence-electron chi connectivity index (χ0n) is 15.6. The lowest BCUT2D eigenvalue weighted by Crippen LogP contribution is -2.04. The Hall–Kier alpha value is -3.65. The topological polar surface area (TPSA) is 117 Å². The number of rotatable bonds is 7. The van der Waals surface area contributed by atoms with E-state index in [0.717, 1.165) is 0 Å². The van der Waals surface area contributed by atoms with Crippen LogP contribution in [0.4, 0.5) is 0 Å². The van der Waals surface area contributed by atoms with E-state index >= 15 is 0 Å². The molecule has 3 heterocycles. The highest BCUT2D eigenvalue weighted by Crippen LogP contribution is 2.47. The van der Waals surface area contributed by atoms with Gasteiger partial charge in [0.1, 0.15) is 18.1 Å². The predicted molar refractivity (Wildman–Crippen MR) is 105 cm³/mol. The molecule has 0 saturated carbocycles. The summed E-state index contributed by atoms with van der Waals surface area (Å²) in [6.45, 7) is 0.848. The highest BCUT2D eigenvalue weighted by Gasteiger charge is 2.26. The third-order valence-electron chi connectivity index (χ3n) is 4.78. The summed E-state index contributed by atoms with van der Waals surface area (Å²) < 4.78 is 9.23.